The van der Waals surface area contributed by atoms with E-state index >= 15 is 0 Å². The predicted molar refractivity (Wildman–Crippen MR) is 38.2 cm³/mol. The third kappa shape index (κ3) is 1.28. The molecule has 0 saturated carbocycles. The molecule has 11 heavy (non-hydrogen) atoms. The van der Waals surface area contributed by atoms with E-state index in [0.717, 1.165) is 11.3 Å². The molecule has 0 fully saturated rings. The van der Waals surface area contributed by atoms with E-state index in [9.17, 15) is 4.79 Å². The zero-order chi connectivity index (χ0) is 8.43. The minimum Gasteiger partial charge on any atom is -0.476 e. The van der Waals surface area contributed by atoms with Crippen molar-refractivity contribution < 1.29 is 9.90 Å². The molecule has 0 aliphatic carbocycles. The third-order valence-corrected chi connectivity index (χ3v) is 1.74. The molecule has 0 aliphatic rings. The van der Waals surface area contributed by atoms with Crippen molar-refractivity contribution in [3.8, 4) is 6.07 Å². The molecule has 6 heteroatoms. The van der Waals surface area contributed by atoms with Crippen LogP contribution in [0.15, 0.2) is 0 Å². The summed E-state index contributed by atoms with van der Waals surface area (Å²) in [5.41, 5.74) is 4.92. The minimum absolute atomic E-state index is 0.0370. The molecule has 0 radical (unpaired) electrons. The summed E-state index contributed by atoms with van der Waals surface area (Å²) in [6.07, 6.45) is 0. The number of nitrogens with two attached hydrogens (primary N) is 1. The van der Waals surface area contributed by atoms with E-state index in [4.69, 9.17) is 16.1 Å². The monoisotopic (exact) mass is 169 g/mol. The Kier molecular flexibility index (Phi) is 1.74. The quantitative estimate of drug-likeness (QED) is 0.629. The van der Waals surface area contributed by atoms with Gasteiger partial charge < -0.3 is 10.8 Å². The van der Waals surface area contributed by atoms with Crippen LogP contribution in [-0.4, -0.2) is 16.1 Å². The second-order valence-corrected chi connectivity index (χ2v) is 2.68. The molecule has 0 amide bonds. The van der Waals surface area contributed by atoms with Crippen LogP contribution in [0.25, 0.3) is 0 Å². The highest BCUT2D eigenvalue weighted by atomic mass is 32.1. The summed E-state index contributed by atoms with van der Waals surface area (Å²) in [7, 11) is 0. The van der Waals surface area contributed by atoms with Gasteiger partial charge >= 0.3 is 5.97 Å². The van der Waals surface area contributed by atoms with Crippen LogP contribution in [0, 0.1) is 11.3 Å². The van der Waals surface area contributed by atoms with Gasteiger partial charge in [0.15, 0.2) is 10.8 Å². The standard InChI is InChI=1S/C5H3N3O2S/c6-1-2-3(4(9)10)8-5(7)11-2/h(H2,7,8)(H,9,10). The fourth-order valence-electron chi connectivity index (χ4n) is 0.557. The van der Waals surface area contributed by atoms with E-state index in [1.807, 2.05) is 0 Å². The highest BCUT2D eigenvalue weighted by Gasteiger charge is 2.15. The molecule has 0 spiro atoms. The number of carbonyl (C=O) groups is 1. The Labute approximate surface area is 65.7 Å². The molecule has 0 saturated heterocycles. The van der Waals surface area contributed by atoms with Gasteiger partial charge in [-0.3, -0.25) is 0 Å². The molecule has 1 aromatic rings. The number of nitriles is 1. The lowest BCUT2D eigenvalue weighted by molar-refractivity contribution is 0.0691. The number of hydrogen-bond acceptors (Lipinski definition) is 5. The van der Waals surface area contributed by atoms with Crippen LogP contribution in [0.5, 0.6) is 0 Å². The van der Waals surface area contributed by atoms with Gasteiger partial charge in [0, 0.05) is 0 Å². The summed E-state index contributed by atoms with van der Waals surface area (Å²) in [5, 5.41) is 16.9. The first-order chi connectivity index (χ1) is 5.15. The first-order valence-electron chi connectivity index (χ1n) is 2.55. The SMILES string of the molecule is N#Cc1sc(N)nc1C(=O)O. The summed E-state index contributed by atoms with van der Waals surface area (Å²) in [5.74, 6) is -1.23. The number of aromatic carboxylic acids is 1. The highest BCUT2D eigenvalue weighted by molar-refractivity contribution is 7.16. The molecule has 0 bridgehead atoms. The van der Waals surface area contributed by atoms with Crippen molar-refractivity contribution >= 4 is 22.4 Å². The molecule has 1 aromatic heterocycles. The highest BCUT2D eigenvalue weighted by Crippen LogP contribution is 2.18. The Morgan fingerprint density at radius 3 is 2.82 bits per heavy atom. The van der Waals surface area contributed by atoms with Crippen LogP contribution in [0.4, 0.5) is 5.13 Å². The normalized spacial score (nSPS) is 9.00. The lowest BCUT2D eigenvalue weighted by Gasteiger charge is -1.82. The lowest BCUT2D eigenvalue weighted by Crippen LogP contribution is -1.99. The van der Waals surface area contributed by atoms with E-state index in [-0.39, 0.29) is 15.7 Å². The number of aromatic nitrogens is 1. The van der Waals surface area contributed by atoms with Crippen LogP contribution in [0.1, 0.15) is 15.4 Å². The summed E-state index contributed by atoms with van der Waals surface area (Å²) in [6.45, 7) is 0. The van der Waals surface area contributed by atoms with Crippen molar-refractivity contribution in [2.24, 2.45) is 0 Å². The van der Waals surface area contributed by atoms with Crippen LogP contribution in [-0.2, 0) is 0 Å². The topological polar surface area (TPSA) is 100 Å². The van der Waals surface area contributed by atoms with Gasteiger partial charge in [0.05, 0.1) is 0 Å². The van der Waals surface area contributed by atoms with Gasteiger partial charge in [0.25, 0.3) is 0 Å². The molecule has 0 aliphatic heterocycles. The van der Waals surface area contributed by atoms with Crippen LogP contribution in [0.2, 0.25) is 0 Å². The first-order valence-corrected chi connectivity index (χ1v) is 3.36. The summed E-state index contributed by atoms with van der Waals surface area (Å²) in [6, 6.07) is 1.69. The average molecular weight is 169 g/mol. The molecule has 5 nitrogen and oxygen atoms in total. The maximum atomic E-state index is 10.3. The zero-order valence-electron chi connectivity index (χ0n) is 5.24. The van der Waals surface area contributed by atoms with Crippen molar-refractivity contribution in [3.63, 3.8) is 0 Å². The molecule has 0 unspecified atom stereocenters. The fourth-order valence-corrected chi connectivity index (χ4v) is 1.18. The lowest BCUT2D eigenvalue weighted by atomic mass is 10.4. The number of thiazole rings is 1. The van der Waals surface area contributed by atoms with E-state index < -0.39 is 5.97 Å². The van der Waals surface area contributed by atoms with E-state index in [2.05, 4.69) is 4.98 Å². The average Bonchev–Trinajstić information content (AvgIpc) is 2.30. The van der Waals surface area contributed by atoms with Gasteiger partial charge in [-0.05, 0) is 0 Å². The minimum atomic E-state index is -1.23. The molecule has 1 rings (SSSR count). The Morgan fingerprint density at radius 2 is 2.45 bits per heavy atom. The van der Waals surface area contributed by atoms with E-state index in [0.29, 0.717) is 0 Å². The Bertz CT molecular complexity index is 338. The van der Waals surface area contributed by atoms with E-state index in [1.165, 1.54) is 0 Å². The van der Waals surface area contributed by atoms with Gasteiger partial charge in [-0.15, -0.1) is 0 Å². The Morgan fingerprint density at radius 1 is 1.82 bits per heavy atom. The Balaban J connectivity index is 3.26. The number of hydrogen-bond donors (Lipinski definition) is 2. The second kappa shape index (κ2) is 2.56. The zero-order valence-corrected chi connectivity index (χ0v) is 6.05. The molecular weight excluding hydrogens is 166 g/mol. The summed E-state index contributed by atoms with van der Waals surface area (Å²) >= 11 is 0.867. The fraction of sp³-hybridized carbons (Fsp3) is 0. The Hall–Kier alpha value is -1.61. The molecule has 0 atom stereocenters. The molecule has 1 heterocycles. The third-order valence-electron chi connectivity index (χ3n) is 0.948. The number of carboxylic acid groups (broad SMARTS) is 1. The summed E-state index contributed by atoms with van der Waals surface area (Å²) in [4.78, 5) is 13.8. The largest absolute Gasteiger partial charge is 0.476 e. The van der Waals surface area contributed by atoms with E-state index in [1.54, 1.807) is 6.07 Å². The van der Waals surface area contributed by atoms with Crippen molar-refractivity contribution in [3.05, 3.63) is 10.6 Å². The van der Waals surface area contributed by atoms with Gasteiger partial charge in [0.2, 0.25) is 0 Å². The van der Waals surface area contributed by atoms with Crippen molar-refractivity contribution in [1.29, 1.82) is 5.26 Å². The maximum Gasteiger partial charge on any atom is 0.356 e. The number of nitrogen functional groups attached to an aromatic ring is 1. The van der Waals surface area contributed by atoms with Crippen molar-refractivity contribution in [2.45, 2.75) is 0 Å². The van der Waals surface area contributed by atoms with Gasteiger partial charge in [-0.25, -0.2) is 9.78 Å². The van der Waals surface area contributed by atoms with Gasteiger partial charge in [0.1, 0.15) is 10.9 Å². The molecule has 0 aromatic carbocycles. The molecule has 56 valence electrons. The number of anilines is 1. The van der Waals surface area contributed by atoms with Gasteiger partial charge in [-0.1, -0.05) is 11.3 Å². The smallest absolute Gasteiger partial charge is 0.356 e. The summed E-state index contributed by atoms with van der Waals surface area (Å²) < 4.78 is 0. The maximum absolute atomic E-state index is 10.3. The van der Waals surface area contributed by atoms with Crippen molar-refractivity contribution in [1.82, 2.24) is 4.98 Å². The number of rotatable bonds is 1. The second-order valence-electron chi connectivity index (χ2n) is 1.65. The molecular formula is C5H3N3O2S. The van der Waals surface area contributed by atoms with Crippen molar-refractivity contribution in [2.75, 3.05) is 5.73 Å². The molecule has 3 N–H and O–H groups in total. The first kappa shape index (κ1) is 7.50. The van der Waals surface area contributed by atoms with Crippen LogP contribution in [0.3, 0.4) is 0 Å². The predicted octanol–water partition coefficient (Wildman–Crippen LogP) is 0.295. The number of carboxylic acids is 1. The van der Waals surface area contributed by atoms with Gasteiger partial charge in [-0.2, -0.15) is 5.26 Å². The van der Waals surface area contributed by atoms with Crippen LogP contribution < -0.4 is 5.73 Å². The number of nitrogens with zero attached hydrogens (tertiary/aromatic N) is 2. The van der Waals surface area contributed by atoms with Crippen LogP contribution >= 0.6 is 11.3 Å².